The quantitative estimate of drug-likeness (QED) is 0.461. The molecule has 0 aromatic rings. The topological polar surface area (TPSA) is 81.1 Å². The van der Waals surface area contributed by atoms with Crippen LogP contribution in [0.25, 0.3) is 0 Å². The van der Waals surface area contributed by atoms with E-state index in [0.717, 1.165) is 19.4 Å². The minimum absolute atomic E-state index is 0.253. The van der Waals surface area contributed by atoms with Gasteiger partial charge in [-0.1, -0.05) is 6.58 Å². The molecule has 0 fully saturated rings. The van der Waals surface area contributed by atoms with Crippen molar-refractivity contribution in [3.8, 4) is 0 Å². The first-order valence-corrected chi connectivity index (χ1v) is 3.59. The summed E-state index contributed by atoms with van der Waals surface area (Å²) in [5.41, 5.74) is 10.2. The number of primary amides is 1. The van der Waals surface area contributed by atoms with Gasteiger partial charge in [-0.05, 0) is 12.8 Å². The third-order valence-electron chi connectivity index (χ3n) is 1.20. The maximum atomic E-state index is 10.3. The zero-order valence-corrected chi connectivity index (χ0v) is 6.60. The SMILES string of the molecule is C=C(N)NCCCCC(N)=O. The minimum atomic E-state index is -0.253. The van der Waals surface area contributed by atoms with Crippen molar-refractivity contribution in [2.75, 3.05) is 6.54 Å². The first kappa shape index (κ1) is 9.81. The van der Waals surface area contributed by atoms with E-state index in [4.69, 9.17) is 11.5 Å². The van der Waals surface area contributed by atoms with Gasteiger partial charge in [0.15, 0.2) is 0 Å². The van der Waals surface area contributed by atoms with E-state index in [1.807, 2.05) is 0 Å². The van der Waals surface area contributed by atoms with Gasteiger partial charge < -0.3 is 16.8 Å². The highest BCUT2D eigenvalue weighted by atomic mass is 16.1. The fourth-order valence-electron chi connectivity index (χ4n) is 0.673. The molecule has 0 aromatic heterocycles. The number of unbranched alkanes of at least 4 members (excludes halogenated alkanes) is 1. The van der Waals surface area contributed by atoms with Gasteiger partial charge in [-0.25, -0.2) is 0 Å². The van der Waals surface area contributed by atoms with Gasteiger partial charge in [0.1, 0.15) is 0 Å². The summed E-state index contributed by atoms with van der Waals surface area (Å²) in [7, 11) is 0. The van der Waals surface area contributed by atoms with Crippen molar-refractivity contribution in [3.63, 3.8) is 0 Å². The second-order valence-electron chi connectivity index (χ2n) is 2.38. The summed E-state index contributed by atoms with van der Waals surface area (Å²) in [6.45, 7) is 4.22. The van der Waals surface area contributed by atoms with Crippen LogP contribution in [0.5, 0.6) is 0 Å². The molecule has 0 heterocycles. The maximum Gasteiger partial charge on any atom is 0.217 e. The summed E-state index contributed by atoms with van der Waals surface area (Å²) in [6, 6.07) is 0. The van der Waals surface area contributed by atoms with Crippen LogP contribution in [-0.2, 0) is 4.79 Å². The van der Waals surface area contributed by atoms with Crippen molar-refractivity contribution >= 4 is 5.91 Å². The second kappa shape index (κ2) is 5.58. The molecule has 0 saturated heterocycles. The van der Waals surface area contributed by atoms with Crippen LogP contribution in [0.3, 0.4) is 0 Å². The van der Waals surface area contributed by atoms with Crippen molar-refractivity contribution in [1.82, 2.24) is 5.32 Å². The number of hydrogen-bond acceptors (Lipinski definition) is 3. The van der Waals surface area contributed by atoms with Gasteiger partial charge in [0.25, 0.3) is 0 Å². The zero-order chi connectivity index (χ0) is 8.69. The van der Waals surface area contributed by atoms with E-state index < -0.39 is 0 Å². The third kappa shape index (κ3) is 8.81. The molecular weight excluding hydrogens is 142 g/mol. The molecule has 0 aliphatic rings. The molecule has 4 nitrogen and oxygen atoms in total. The average molecular weight is 157 g/mol. The number of carbonyl (C=O) groups is 1. The zero-order valence-electron chi connectivity index (χ0n) is 6.60. The largest absolute Gasteiger partial charge is 0.386 e. The molecule has 0 rings (SSSR count). The van der Waals surface area contributed by atoms with E-state index >= 15 is 0 Å². The van der Waals surface area contributed by atoms with E-state index in [2.05, 4.69) is 11.9 Å². The standard InChI is InChI=1S/C7H15N3O/c1-6(8)10-5-3-2-4-7(9)11/h10H,1-5,8H2,(H2,9,11). The summed E-state index contributed by atoms with van der Waals surface area (Å²) in [5.74, 6) is 0.209. The molecule has 0 spiro atoms. The van der Waals surface area contributed by atoms with E-state index in [9.17, 15) is 4.79 Å². The van der Waals surface area contributed by atoms with Gasteiger partial charge in [0.2, 0.25) is 5.91 Å². The first-order chi connectivity index (χ1) is 5.13. The molecule has 0 aliphatic carbocycles. The Morgan fingerprint density at radius 3 is 2.45 bits per heavy atom. The third-order valence-corrected chi connectivity index (χ3v) is 1.20. The number of carbonyl (C=O) groups excluding carboxylic acids is 1. The summed E-state index contributed by atoms with van der Waals surface area (Å²) in [6.07, 6.45) is 2.13. The van der Waals surface area contributed by atoms with Crippen LogP contribution >= 0.6 is 0 Å². The highest BCUT2D eigenvalue weighted by Gasteiger charge is 1.93. The molecule has 1 amide bonds. The Hall–Kier alpha value is -1.19. The lowest BCUT2D eigenvalue weighted by Crippen LogP contribution is -2.20. The van der Waals surface area contributed by atoms with Gasteiger partial charge >= 0.3 is 0 Å². The molecule has 4 heteroatoms. The second-order valence-corrected chi connectivity index (χ2v) is 2.38. The van der Waals surface area contributed by atoms with Gasteiger partial charge in [-0.15, -0.1) is 0 Å². The Morgan fingerprint density at radius 1 is 1.36 bits per heavy atom. The van der Waals surface area contributed by atoms with Crippen molar-refractivity contribution in [1.29, 1.82) is 0 Å². The molecule has 0 aliphatic heterocycles. The Balaban J connectivity index is 3.03. The Bertz CT molecular complexity index is 129. The lowest BCUT2D eigenvalue weighted by atomic mass is 10.2. The minimum Gasteiger partial charge on any atom is -0.386 e. The highest BCUT2D eigenvalue weighted by molar-refractivity contribution is 5.73. The summed E-state index contributed by atoms with van der Waals surface area (Å²) < 4.78 is 0. The predicted octanol–water partition coefficient (Wildman–Crippen LogP) is -0.338. The molecular formula is C7H15N3O. The lowest BCUT2D eigenvalue weighted by Gasteiger charge is -2.02. The summed E-state index contributed by atoms with van der Waals surface area (Å²) >= 11 is 0. The number of amides is 1. The molecule has 0 radical (unpaired) electrons. The Kier molecular flexibility index (Phi) is 4.98. The Morgan fingerprint density at radius 2 is 2.00 bits per heavy atom. The average Bonchev–Trinajstić information content (AvgIpc) is 1.85. The number of nitrogens with two attached hydrogens (primary N) is 2. The first-order valence-electron chi connectivity index (χ1n) is 3.59. The highest BCUT2D eigenvalue weighted by Crippen LogP contribution is 1.92. The van der Waals surface area contributed by atoms with Crippen LogP contribution in [0, 0.1) is 0 Å². The van der Waals surface area contributed by atoms with Crippen LogP contribution < -0.4 is 16.8 Å². The molecule has 0 bridgehead atoms. The van der Waals surface area contributed by atoms with Crippen LogP contribution in [0.2, 0.25) is 0 Å². The molecule has 5 N–H and O–H groups in total. The lowest BCUT2D eigenvalue weighted by molar-refractivity contribution is -0.118. The number of rotatable bonds is 6. The van der Waals surface area contributed by atoms with Crippen molar-refractivity contribution in [3.05, 3.63) is 12.4 Å². The van der Waals surface area contributed by atoms with Gasteiger partial charge in [-0.3, -0.25) is 4.79 Å². The molecule has 0 atom stereocenters. The molecule has 64 valence electrons. The van der Waals surface area contributed by atoms with Crippen LogP contribution in [-0.4, -0.2) is 12.5 Å². The van der Waals surface area contributed by atoms with Crippen molar-refractivity contribution in [2.24, 2.45) is 11.5 Å². The van der Waals surface area contributed by atoms with Crippen molar-refractivity contribution in [2.45, 2.75) is 19.3 Å². The van der Waals surface area contributed by atoms with E-state index in [1.165, 1.54) is 0 Å². The molecule has 0 aromatic carbocycles. The monoisotopic (exact) mass is 157 g/mol. The normalized spacial score (nSPS) is 9.09. The van der Waals surface area contributed by atoms with Crippen LogP contribution in [0.1, 0.15) is 19.3 Å². The smallest absolute Gasteiger partial charge is 0.217 e. The molecule has 0 unspecified atom stereocenters. The molecule has 0 saturated carbocycles. The Labute approximate surface area is 66.6 Å². The van der Waals surface area contributed by atoms with Gasteiger partial charge in [0.05, 0.1) is 5.82 Å². The van der Waals surface area contributed by atoms with Gasteiger partial charge in [-0.2, -0.15) is 0 Å². The summed E-state index contributed by atoms with van der Waals surface area (Å²) in [5, 5.41) is 2.85. The van der Waals surface area contributed by atoms with Crippen LogP contribution in [0.15, 0.2) is 12.4 Å². The van der Waals surface area contributed by atoms with E-state index in [-0.39, 0.29) is 5.91 Å². The molecule has 11 heavy (non-hydrogen) atoms. The predicted molar refractivity (Wildman–Crippen MR) is 44.4 cm³/mol. The number of hydrogen-bond donors (Lipinski definition) is 3. The summed E-state index contributed by atoms with van der Waals surface area (Å²) in [4.78, 5) is 10.3. The maximum absolute atomic E-state index is 10.3. The fourth-order valence-corrected chi connectivity index (χ4v) is 0.673. The van der Waals surface area contributed by atoms with E-state index in [1.54, 1.807) is 0 Å². The van der Waals surface area contributed by atoms with Crippen molar-refractivity contribution < 1.29 is 4.79 Å². The van der Waals surface area contributed by atoms with Gasteiger partial charge in [0, 0.05) is 13.0 Å². The number of nitrogens with one attached hydrogen (secondary N) is 1. The van der Waals surface area contributed by atoms with Crippen LogP contribution in [0.4, 0.5) is 0 Å². The fraction of sp³-hybridized carbons (Fsp3) is 0.571. The van der Waals surface area contributed by atoms with E-state index in [0.29, 0.717) is 12.2 Å².